The predicted molar refractivity (Wildman–Crippen MR) is 85.7 cm³/mol. The molecule has 21 heavy (non-hydrogen) atoms. The molecule has 1 aliphatic rings. The number of carbonyl (C=O) groups excluding carboxylic acids is 1. The third-order valence-electron chi connectivity index (χ3n) is 3.90. The molecule has 1 saturated heterocycles. The predicted octanol–water partition coefficient (Wildman–Crippen LogP) is 3.19. The first kappa shape index (κ1) is 15.8. The molecule has 1 aromatic carbocycles. The molecule has 4 heteroatoms. The van der Waals surface area contributed by atoms with Crippen molar-refractivity contribution in [3.05, 3.63) is 24.3 Å². The Morgan fingerprint density at radius 2 is 2.38 bits per heavy atom. The first-order valence-corrected chi connectivity index (χ1v) is 7.94. The van der Waals surface area contributed by atoms with E-state index >= 15 is 0 Å². The molecular weight excluding hydrogens is 264 g/mol. The van der Waals surface area contributed by atoms with Crippen LogP contribution in [0.15, 0.2) is 24.3 Å². The number of amides is 1. The number of hydrogen-bond donors (Lipinski definition) is 2. The van der Waals surface area contributed by atoms with Gasteiger partial charge in [0.05, 0.1) is 6.10 Å². The smallest absolute Gasteiger partial charge is 0.224 e. The highest BCUT2D eigenvalue weighted by Crippen LogP contribution is 2.20. The molecular formula is C17H26N2O2. The maximum atomic E-state index is 12.1. The second-order valence-corrected chi connectivity index (χ2v) is 5.83. The van der Waals surface area contributed by atoms with Gasteiger partial charge in [0.25, 0.3) is 0 Å². The molecule has 116 valence electrons. The Hall–Kier alpha value is -1.55. The Labute approximate surface area is 127 Å². The zero-order valence-corrected chi connectivity index (χ0v) is 13.0. The Morgan fingerprint density at radius 3 is 3.10 bits per heavy atom. The molecule has 0 aliphatic carbocycles. The highest BCUT2D eigenvalue weighted by molar-refractivity contribution is 5.91. The molecule has 2 atom stereocenters. The molecule has 1 aliphatic heterocycles. The average molecular weight is 290 g/mol. The summed E-state index contributed by atoms with van der Waals surface area (Å²) in [6.07, 6.45) is 4.03. The minimum atomic E-state index is 0.0874. The van der Waals surface area contributed by atoms with Gasteiger partial charge in [-0.05, 0) is 57.3 Å². The molecule has 2 rings (SSSR count). The Morgan fingerprint density at radius 1 is 1.52 bits per heavy atom. The van der Waals surface area contributed by atoms with Crippen molar-refractivity contribution in [3.8, 4) is 5.75 Å². The zero-order chi connectivity index (χ0) is 15.1. The lowest BCUT2D eigenvalue weighted by Crippen LogP contribution is -2.32. The van der Waals surface area contributed by atoms with Gasteiger partial charge in [0, 0.05) is 18.2 Å². The molecule has 2 unspecified atom stereocenters. The van der Waals surface area contributed by atoms with Crippen LogP contribution in [0.3, 0.4) is 0 Å². The minimum Gasteiger partial charge on any atom is -0.491 e. The molecule has 1 aromatic rings. The Kier molecular flexibility index (Phi) is 6.05. The van der Waals surface area contributed by atoms with Crippen LogP contribution in [0, 0.1) is 5.92 Å². The first-order chi connectivity index (χ1) is 10.2. The summed E-state index contributed by atoms with van der Waals surface area (Å²) >= 11 is 0. The number of carbonyl (C=O) groups is 1. The molecule has 1 heterocycles. The second kappa shape index (κ2) is 8.03. The molecule has 1 fully saturated rings. The summed E-state index contributed by atoms with van der Waals surface area (Å²) < 4.78 is 5.77. The fraction of sp³-hybridized carbons (Fsp3) is 0.588. The van der Waals surface area contributed by atoms with Gasteiger partial charge in [0.15, 0.2) is 0 Å². The van der Waals surface area contributed by atoms with E-state index in [1.165, 1.54) is 0 Å². The number of anilines is 1. The molecule has 4 nitrogen and oxygen atoms in total. The summed E-state index contributed by atoms with van der Waals surface area (Å²) in [4.78, 5) is 12.1. The number of hydrogen-bond acceptors (Lipinski definition) is 3. The molecule has 0 spiro atoms. The van der Waals surface area contributed by atoms with Gasteiger partial charge in [0.2, 0.25) is 5.91 Å². The number of nitrogens with one attached hydrogen (secondary N) is 2. The lowest BCUT2D eigenvalue weighted by Gasteiger charge is -2.22. The second-order valence-electron chi connectivity index (χ2n) is 5.83. The van der Waals surface area contributed by atoms with Gasteiger partial charge in [0.1, 0.15) is 5.75 Å². The Bertz CT molecular complexity index is 456. The van der Waals surface area contributed by atoms with Gasteiger partial charge in [-0.25, -0.2) is 0 Å². The number of benzene rings is 1. The fourth-order valence-electron chi connectivity index (χ4n) is 2.54. The van der Waals surface area contributed by atoms with Gasteiger partial charge in [-0.1, -0.05) is 13.0 Å². The van der Waals surface area contributed by atoms with Crippen molar-refractivity contribution in [2.45, 2.75) is 45.6 Å². The summed E-state index contributed by atoms with van der Waals surface area (Å²) in [7, 11) is 0. The van der Waals surface area contributed by atoms with Crippen LogP contribution in [0.25, 0.3) is 0 Å². The summed E-state index contributed by atoms with van der Waals surface area (Å²) in [5.74, 6) is 1.35. The number of piperidine rings is 1. The molecule has 0 bridgehead atoms. The average Bonchev–Trinajstić information content (AvgIpc) is 2.48. The van der Waals surface area contributed by atoms with E-state index in [1.807, 2.05) is 31.2 Å². The maximum Gasteiger partial charge on any atom is 0.224 e. The van der Waals surface area contributed by atoms with Crippen LogP contribution in [0.1, 0.15) is 39.5 Å². The fourth-order valence-corrected chi connectivity index (χ4v) is 2.54. The van der Waals surface area contributed by atoms with E-state index in [0.29, 0.717) is 12.3 Å². The van der Waals surface area contributed by atoms with Crippen LogP contribution in [0.4, 0.5) is 5.69 Å². The van der Waals surface area contributed by atoms with Gasteiger partial charge in [-0.15, -0.1) is 0 Å². The van der Waals surface area contributed by atoms with Gasteiger partial charge < -0.3 is 15.4 Å². The molecule has 0 saturated carbocycles. The summed E-state index contributed by atoms with van der Waals surface area (Å²) in [5, 5.41) is 6.32. The summed E-state index contributed by atoms with van der Waals surface area (Å²) in [6.45, 7) is 6.16. The summed E-state index contributed by atoms with van der Waals surface area (Å²) in [5.41, 5.74) is 0.810. The van der Waals surface area contributed by atoms with Crippen molar-refractivity contribution in [2.24, 2.45) is 5.92 Å². The quantitative estimate of drug-likeness (QED) is 0.846. The highest BCUT2D eigenvalue weighted by Gasteiger charge is 2.16. The van der Waals surface area contributed by atoms with Crippen molar-refractivity contribution in [3.63, 3.8) is 0 Å². The lowest BCUT2D eigenvalue weighted by atomic mass is 9.96. The van der Waals surface area contributed by atoms with Crippen molar-refractivity contribution in [1.82, 2.24) is 5.32 Å². The number of rotatable bonds is 6. The first-order valence-electron chi connectivity index (χ1n) is 7.94. The summed E-state index contributed by atoms with van der Waals surface area (Å²) in [6, 6.07) is 7.63. The van der Waals surface area contributed by atoms with Gasteiger partial charge >= 0.3 is 0 Å². The minimum absolute atomic E-state index is 0.0874. The van der Waals surface area contributed by atoms with Crippen LogP contribution in [0.2, 0.25) is 0 Å². The van der Waals surface area contributed by atoms with E-state index in [9.17, 15) is 4.79 Å². The molecule has 2 N–H and O–H groups in total. The largest absolute Gasteiger partial charge is 0.491 e. The van der Waals surface area contributed by atoms with Crippen LogP contribution >= 0.6 is 0 Å². The van der Waals surface area contributed by atoms with Crippen LogP contribution in [0.5, 0.6) is 5.75 Å². The van der Waals surface area contributed by atoms with Crippen LogP contribution < -0.4 is 15.4 Å². The van der Waals surface area contributed by atoms with Gasteiger partial charge in [-0.2, -0.15) is 0 Å². The van der Waals surface area contributed by atoms with Crippen molar-refractivity contribution in [1.29, 1.82) is 0 Å². The monoisotopic (exact) mass is 290 g/mol. The molecule has 0 aromatic heterocycles. The van der Waals surface area contributed by atoms with Gasteiger partial charge in [-0.3, -0.25) is 4.79 Å². The van der Waals surface area contributed by atoms with Crippen molar-refractivity contribution in [2.75, 3.05) is 18.4 Å². The topological polar surface area (TPSA) is 50.4 Å². The van der Waals surface area contributed by atoms with Crippen molar-refractivity contribution < 1.29 is 9.53 Å². The Balaban J connectivity index is 1.86. The SMILES string of the molecule is CCC(C)Oc1cccc(NC(=O)CC2CCCNC2)c1. The lowest BCUT2D eigenvalue weighted by molar-refractivity contribution is -0.117. The highest BCUT2D eigenvalue weighted by atomic mass is 16.5. The standard InChI is InChI=1S/C17H26N2O2/c1-3-13(2)21-16-8-4-7-15(11-16)19-17(20)10-14-6-5-9-18-12-14/h4,7-8,11,13-14,18H,3,5-6,9-10,12H2,1-2H3,(H,19,20). The van der Waals surface area contributed by atoms with Crippen LogP contribution in [-0.2, 0) is 4.79 Å². The number of ether oxygens (including phenoxy) is 1. The van der Waals surface area contributed by atoms with E-state index in [4.69, 9.17) is 4.74 Å². The van der Waals surface area contributed by atoms with Crippen LogP contribution in [-0.4, -0.2) is 25.1 Å². The van der Waals surface area contributed by atoms with E-state index in [1.54, 1.807) is 0 Å². The van der Waals surface area contributed by atoms with E-state index in [-0.39, 0.29) is 12.0 Å². The third-order valence-corrected chi connectivity index (χ3v) is 3.90. The van der Waals surface area contributed by atoms with E-state index < -0.39 is 0 Å². The normalized spacial score (nSPS) is 19.8. The van der Waals surface area contributed by atoms with Crippen molar-refractivity contribution >= 4 is 11.6 Å². The zero-order valence-electron chi connectivity index (χ0n) is 13.0. The van der Waals surface area contributed by atoms with E-state index in [2.05, 4.69) is 17.6 Å². The maximum absolute atomic E-state index is 12.1. The third kappa shape index (κ3) is 5.38. The molecule has 1 amide bonds. The molecule has 0 radical (unpaired) electrons. The van der Waals surface area contributed by atoms with E-state index in [0.717, 1.165) is 43.8 Å².